The van der Waals surface area contributed by atoms with Crippen LogP contribution in [0.3, 0.4) is 0 Å². The molecule has 0 bridgehead atoms. The number of amides is 1. The Morgan fingerprint density at radius 2 is 2.09 bits per heavy atom. The van der Waals surface area contributed by atoms with Gasteiger partial charge >= 0.3 is 5.97 Å². The van der Waals surface area contributed by atoms with Crippen LogP contribution in [0.4, 0.5) is 0 Å². The summed E-state index contributed by atoms with van der Waals surface area (Å²) in [7, 11) is 0. The third-order valence-corrected chi connectivity index (χ3v) is 3.99. The Balaban J connectivity index is 1.60. The van der Waals surface area contributed by atoms with Gasteiger partial charge in [0, 0.05) is 13.1 Å². The van der Waals surface area contributed by atoms with Gasteiger partial charge in [-0.3, -0.25) is 9.78 Å². The second-order valence-corrected chi connectivity index (χ2v) is 5.91. The number of fused-ring (bicyclic) bond motifs is 1. The van der Waals surface area contributed by atoms with Crippen molar-refractivity contribution in [3.05, 3.63) is 36.2 Å². The van der Waals surface area contributed by atoms with E-state index in [2.05, 4.69) is 16.9 Å². The van der Waals surface area contributed by atoms with Crippen LogP contribution in [0.5, 0.6) is 0 Å². The molecule has 23 heavy (non-hydrogen) atoms. The van der Waals surface area contributed by atoms with E-state index in [4.69, 9.17) is 4.74 Å². The lowest BCUT2D eigenvalue weighted by Crippen LogP contribution is -2.41. The van der Waals surface area contributed by atoms with Crippen molar-refractivity contribution in [1.82, 2.24) is 14.9 Å². The molecule has 1 amide bonds. The number of esters is 1. The fraction of sp³-hybridized carbons (Fsp3) is 0.412. The average Bonchev–Trinajstić information content (AvgIpc) is 2.59. The molecule has 120 valence electrons. The number of ether oxygens (including phenoxy) is 1. The van der Waals surface area contributed by atoms with Gasteiger partial charge in [0.25, 0.3) is 5.91 Å². The summed E-state index contributed by atoms with van der Waals surface area (Å²) >= 11 is 0. The van der Waals surface area contributed by atoms with Crippen LogP contribution in [0.2, 0.25) is 0 Å². The zero-order chi connectivity index (χ0) is 16.2. The maximum Gasteiger partial charge on any atom is 0.359 e. The summed E-state index contributed by atoms with van der Waals surface area (Å²) in [5.74, 6) is -0.282. The van der Waals surface area contributed by atoms with E-state index in [0.717, 1.165) is 25.9 Å². The van der Waals surface area contributed by atoms with E-state index in [1.54, 1.807) is 11.0 Å². The van der Waals surface area contributed by atoms with Crippen LogP contribution in [0.1, 0.15) is 30.3 Å². The Morgan fingerprint density at radius 1 is 1.30 bits per heavy atom. The number of piperidine rings is 1. The van der Waals surface area contributed by atoms with Crippen molar-refractivity contribution in [2.24, 2.45) is 5.92 Å². The maximum absolute atomic E-state index is 12.1. The highest BCUT2D eigenvalue weighted by molar-refractivity contribution is 5.91. The SMILES string of the molecule is CC1CCCN(C(=O)COC(=O)c2cnc3ccccc3n2)C1. The molecular weight excluding hydrogens is 294 g/mol. The number of para-hydroxylation sites is 2. The quantitative estimate of drug-likeness (QED) is 0.811. The van der Waals surface area contributed by atoms with Crippen molar-refractivity contribution in [3.63, 3.8) is 0 Å². The minimum absolute atomic E-state index is 0.114. The highest BCUT2D eigenvalue weighted by Crippen LogP contribution is 2.15. The van der Waals surface area contributed by atoms with Gasteiger partial charge in [-0.2, -0.15) is 0 Å². The second-order valence-electron chi connectivity index (χ2n) is 5.91. The van der Waals surface area contributed by atoms with Crippen molar-refractivity contribution < 1.29 is 14.3 Å². The summed E-state index contributed by atoms with van der Waals surface area (Å²) in [4.78, 5) is 34.3. The smallest absolute Gasteiger partial charge is 0.359 e. The zero-order valence-electron chi connectivity index (χ0n) is 13.1. The van der Waals surface area contributed by atoms with Gasteiger partial charge in [0.15, 0.2) is 12.3 Å². The molecule has 0 saturated carbocycles. The number of aromatic nitrogens is 2. The molecule has 2 aromatic rings. The number of rotatable bonds is 3. The molecule has 1 atom stereocenters. The van der Waals surface area contributed by atoms with Gasteiger partial charge in [-0.25, -0.2) is 9.78 Å². The summed E-state index contributed by atoms with van der Waals surface area (Å²) < 4.78 is 5.09. The average molecular weight is 313 g/mol. The van der Waals surface area contributed by atoms with Crippen molar-refractivity contribution in [3.8, 4) is 0 Å². The first-order valence-corrected chi connectivity index (χ1v) is 7.80. The number of benzene rings is 1. The molecule has 0 spiro atoms. The van der Waals surface area contributed by atoms with Gasteiger partial charge < -0.3 is 9.64 Å². The molecule has 3 rings (SSSR count). The van der Waals surface area contributed by atoms with E-state index < -0.39 is 5.97 Å². The van der Waals surface area contributed by atoms with E-state index >= 15 is 0 Å². The predicted molar refractivity (Wildman–Crippen MR) is 84.8 cm³/mol. The lowest BCUT2D eigenvalue weighted by atomic mass is 10.0. The number of hydrogen-bond acceptors (Lipinski definition) is 5. The summed E-state index contributed by atoms with van der Waals surface area (Å²) in [6.07, 6.45) is 3.51. The molecule has 6 nitrogen and oxygen atoms in total. The summed E-state index contributed by atoms with van der Waals surface area (Å²) in [5.41, 5.74) is 1.45. The van der Waals surface area contributed by atoms with Crippen LogP contribution in [-0.2, 0) is 9.53 Å². The molecule has 6 heteroatoms. The molecule has 1 aliphatic rings. The van der Waals surface area contributed by atoms with Crippen LogP contribution in [0, 0.1) is 5.92 Å². The van der Waals surface area contributed by atoms with Gasteiger partial charge in [0.2, 0.25) is 0 Å². The van der Waals surface area contributed by atoms with Crippen molar-refractivity contribution in [2.75, 3.05) is 19.7 Å². The standard InChI is InChI=1S/C17H19N3O3/c1-12-5-4-8-20(10-12)16(21)11-23-17(22)15-9-18-13-6-2-3-7-14(13)19-15/h2-3,6-7,9,12H,4-5,8,10-11H2,1H3. The fourth-order valence-electron chi connectivity index (χ4n) is 2.76. The molecule has 0 aliphatic carbocycles. The first-order valence-electron chi connectivity index (χ1n) is 7.80. The van der Waals surface area contributed by atoms with Crippen LogP contribution in [0.15, 0.2) is 30.5 Å². The fourth-order valence-corrected chi connectivity index (χ4v) is 2.76. The number of nitrogens with zero attached hydrogens (tertiary/aromatic N) is 3. The predicted octanol–water partition coefficient (Wildman–Crippen LogP) is 2.05. The topological polar surface area (TPSA) is 72.4 Å². The third kappa shape index (κ3) is 3.64. The van der Waals surface area contributed by atoms with E-state index in [0.29, 0.717) is 17.0 Å². The maximum atomic E-state index is 12.1. The van der Waals surface area contributed by atoms with Crippen molar-refractivity contribution in [2.45, 2.75) is 19.8 Å². The largest absolute Gasteiger partial charge is 0.451 e. The van der Waals surface area contributed by atoms with Crippen molar-refractivity contribution >= 4 is 22.9 Å². The molecule has 1 aromatic carbocycles. The molecule has 1 saturated heterocycles. The Morgan fingerprint density at radius 3 is 2.87 bits per heavy atom. The molecule has 1 unspecified atom stereocenters. The number of carbonyl (C=O) groups is 2. The normalized spacial score (nSPS) is 18.0. The van der Waals surface area contributed by atoms with Gasteiger partial charge in [-0.05, 0) is 30.9 Å². The van der Waals surface area contributed by atoms with E-state index in [1.165, 1.54) is 6.20 Å². The highest BCUT2D eigenvalue weighted by atomic mass is 16.5. The molecule has 0 N–H and O–H groups in total. The summed E-state index contributed by atoms with van der Waals surface area (Å²) in [6.45, 7) is 3.33. The molecule has 1 aliphatic heterocycles. The molecule has 0 radical (unpaired) electrons. The van der Waals surface area contributed by atoms with Crippen LogP contribution >= 0.6 is 0 Å². The Labute approximate surface area is 134 Å². The highest BCUT2D eigenvalue weighted by Gasteiger charge is 2.22. The van der Waals surface area contributed by atoms with Gasteiger partial charge in [-0.15, -0.1) is 0 Å². The lowest BCUT2D eigenvalue weighted by molar-refractivity contribution is -0.136. The van der Waals surface area contributed by atoms with E-state index in [9.17, 15) is 9.59 Å². The molecule has 2 heterocycles. The van der Waals surface area contributed by atoms with Gasteiger partial charge in [0.1, 0.15) is 0 Å². The number of hydrogen-bond donors (Lipinski definition) is 0. The number of carbonyl (C=O) groups excluding carboxylic acids is 2. The van der Waals surface area contributed by atoms with E-state index in [1.807, 2.05) is 18.2 Å². The minimum Gasteiger partial charge on any atom is -0.451 e. The minimum atomic E-state index is -0.623. The van der Waals surface area contributed by atoms with Crippen LogP contribution in [-0.4, -0.2) is 46.4 Å². The zero-order valence-corrected chi connectivity index (χ0v) is 13.1. The van der Waals surface area contributed by atoms with Crippen LogP contribution < -0.4 is 0 Å². The summed E-state index contributed by atoms with van der Waals surface area (Å²) in [5, 5.41) is 0. The van der Waals surface area contributed by atoms with Gasteiger partial charge in [-0.1, -0.05) is 19.1 Å². The Bertz CT molecular complexity index is 732. The summed E-state index contributed by atoms with van der Waals surface area (Å²) in [6, 6.07) is 7.28. The Kier molecular flexibility index (Phi) is 4.50. The first-order chi connectivity index (χ1) is 11.1. The molecular formula is C17H19N3O3. The second kappa shape index (κ2) is 6.73. The number of likely N-dealkylation sites (tertiary alicyclic amines) is 1. The monoisotopic (exact) mass is 313 g/mol. The van der Waals surface area contributed by atoms with Gasteiger partial charge in [0.05, 0.1) is 17.2 Å². The van der Waals surface area contributed by atoms with Crippen molar-refractivity contribution in [1.29, 1.82) is 0 Å². The van der Waals surface area contributed by atoms with Crippen LogP contribution in [0.25, 0.3) is 11.0 Å². The molecule has 1 aromatic heterocycles. The lowest BCUT2D eigenvalue weighted by Gasteiger charge is -2.30. The third-order valence-electron chi connectivity index (χ3n) is 3.99. The molecule has 1 fully saturated rings. The first kappa shape index (κ1) is 15.4. The Hall–Kier alpha value is -2.50. The van der Waals surface area contributed by atoms with E-state index in [-0.39, 0.29) is 18.2 Å².